The van der Waals surface area contributed by atoms with E-state index in [0.29, 0.717) is 0 Å². The number of aromatic nitrogens is 4. The molecule has 138 valence electrons. The van der Waals surface area contributed by atoms with E-state index in [1.165, 1.54) is 29.2 Å². The molecule has 0 radical (unpaired) electrons. The molecule has 0 unspecified atom stereocenters. The van der Waals surface area contributed by atoms with Crippen LogP contribution in [0, 0.1) is 0 Å². The van der Waals surface area contributed by atoms with Crippen LogP contribution >= 0.6 is 23.1 Å². The van der Waals surface area contributed by atoms with Crippen molar-refractivity contribution in [1.82, 2.24) is 20.0 Å². The third-order valence-corrected chi connectivity index (χ3v) is 5.50. The molecule has 8 heteroatoms. The van der Waals surface area contributed by atoms with Gasteiger partial charge in [0.15, 0.2) is 4.34 Å². The summed E-state index contributed by atoms with van der Waals surface area (Å²) >= 11 is 3.03. The fraction of sp³-hybridized carbons (Fsp3) is 0. The second kappa shape index (κ2) is 8.64. The molecule has 0 saturated heterocycles. The van der Waals surface area contributed by atoms with Crippen molar-refractivity contribution >= 4 is 40.8 Å². The molecule has 4 aromatic rings. The highest BCUT2D eigenvalue weighted by atomic mass is 32.2. The van der Waals surface area contributed by atoms with Crippen molar-refractivity contribution in [2.45, 2.75) is 9.24 Å². The Morgan fingerprint density at radius 3 is 2.68 bits per heavy atom. The zero-order valence-electron chi connectivity index (χ0n) is 14.6. The molecule has 1 amide bonds. The number of para-hydroxylation sites is 1. The Bertz CT molecular complexity index is 1070. The molecule has 0 aliphatic carbocycles. The number of amides is 1. The predicted molar refractivity (Wildman–Crippen MR) is 112 cm³/mol. The Balaban J connectivity index is 1.34. The molecule has 4 rings (SSSR count). The lowest BCUT2D eigenvalue weighted by Crippen LogP contribution is -2.07. The Morgan fingerprint density at radius 2 is 1.93 bits per heavy atom. The van der Waals surface area contributed by atoms with E-state index in [1.54, 1.807) is 22.5 Å². The number of carbonyl (C=O) groups excluding carboxylic acids is 1. The SMILES string of the molecule is O=C(/C=C/c1cnn(-c2ccccc2)c1)Nc1ccc(Sc2nncs2)cc1. The second-order valence-electron chi connectivity index (χ2n) is 5.71. The molecule has 0 bridgehead atoms. The van der Waals surface area contributed by atoms with E-state index in [-0.39, 0.29) is 5.91 Å². The van der Waals surface area contributed by atoms with Gasteiger partial charge in [-0.25, -0.2) is 4.68 Å². The highest BCUT2D eigenvalue weighted by Gasteiger charge is 2.03. The average molecular weight is 406 g/mol. The van der Waals surface area contributed by atoms with Crippen molar-refractivity contribution in [3.63, 3.8) is 0 Å². The van der Waals surface area contributed by atoms with E-state index in [2.05, 4.69) is 20.6 Å². The van der Waals surface area contributed by atoms with Crippen molar-refractivity contribution < 1.29 is 4.79 Å². The van der Waals surface area contributed by atoms with Crippen LogP contribution in [0.3, 0.4) is 0 Å². The zero-order valence-corrected chi connectivity index (χ0v) is 16.2. The molecule has 1 N–H and O–H groups in total. The first-order chi connectivity index (χ1) is 13.8. The van der Waals surface area contributed by atoms with E-state index in [0.717, 1.165) is 26.2 Å². The van der Waals surface area contributed by atoms with Gasteiger partial charge < -0.3 is 5.32 Å². The van der Waals surface area contributed by atoms with Gasteiger partial charge >= 0.3 is 0 Å². The van der Waals surface area contributed by atoms with E-state index in [4.69, 9.17) is 0 Å². The molecule has 0 atom stereocenters. The lowest BCUT2D eigenvalue weighted by molar-refractivity contribution is -0.111. The fourth-order valence-corrected chi connectivity index (χ4v) is 3.87. The topological polar surface area (TPSA) is 72.7 Å². The van der Waals surface area contributed by atoms with Crippen LogP contribution in [-0.4, -0.2) is 25.9 Å². The average Bonchev–Trinajstić information content (AvgIpc) is 3.41. The van der Waals surface area contributed by atoms with Crippen LogP contribution < -0.4 is 5.32 Å². The van der Waals surface area contributed by atoms with Gasteiger partial charge in [0, 0.05) is 28.4 Å². The highest BCUT2D eigenvalue weighted by molar-refractivity contribution is 8.01. The molecule has 2 aromatic carbocycles. The summed E-state index contributed by atoms with van der Waals surface area (Å²) in [7, 11) is 0. The Kier molecular flexibility index (Phi) is 5.60. The van der Waals surface area contributed by atoms with E-state index < -0.39 is 0 Å². The summed E-state index contributed by atoms with van der Waals surface area (Å²) in [5.74, 6) is -0.197. The smallest absolute Gasteiger partial charge is 0.248 e. The highest BCUT2D eigenvalue weighted by Crippen LogP contribution is 2.29. The number of nitrogens with zero attached hydrogens (tertiary/aromatic N) is 4. The minimum absolute atomic E-state index is 0.197. The monoisotopic (exact) mass is 405 g/mol. The number of hydrogen-bond acceptors (Lipinski definition) is 6. The normalized spacial score (nSPS) is 11.0. The molecule has 2 heterocycles. The Morgan fingerprint density at radius 1 is 1.11 bits per heavy atom. The summed E-state index contributed by atoms with van der Waals surface area (Å²) in [6.45, 7) is 0. The number of benzene rings is 2. The minimum atomic E-state index is -0.197. The molecule has 6 nitrogen and oxygen atoms in total. The van der Waals surface area contributed by atoms with Crippen molar-refractivity contribution in [3.05, 3.63) is 84.1 Å². The maximum atomic E-state index is 12.2. The number of rotatable bonds is 6. The summed E-state index contributed by atoms with van der Waals surface area (Å²) in [4.78, 5) is 13.2. The fourth-order valence-electron chi connectivity index (χ4n) is 2.42. The molecule has 0 fully saturated rings. The third kappa shape index (κ3) is 4.73. The van der Waals surface area contributed by atoms with Gasteiger partial charge in [-0.1, -0.05) is 41.3 Å². The summed E-state index contributed by atoms with van der Waals surface area (Å²) < 4.78 is 2.65. The third-order valence-electron chi connectivity index (χ3n) is 3.72. The van der Waals surface area contributed by atoms with Gasteiger partial charge in [-0.2, -0.15) is 5.10 Å². The van der Waals surface area contributed by atoms with E-state index >= 15 is 0 Å². The molecule has 0 aliphatic heterocycles. The largest absolute Gasteiger partial charge is 0.323 e. The molecule has 0 aliphatic rings. The maximum absolute atomic E-state index is 12.2. The van der Waals surface area contributed by atoms with E-state index in [9.17, 15) is 4.79 Å². The van der Waals surface area contributed by atoms with Crippen LogP contribution in [0.2, 0.25) is 0 Å². The molecular formula is C20H15N5OS2. The number of nitrogens with one attached hydrogen (secondary N) is 1. The van der Waals surface area contributed by atoms with Crippen molar-refractivity contribution in [2.75, 3.05) is 5.32 Å². The minimum Gasteiger partial charge on any atom is -0.323 e. The standard InChI is InChI=1S/C20H15N5OS2/c26-19(11-6-15-12-22-25(13-15)17-4-2-1-3-5-17)23-16-7-9-18(10-8-16)28-20-24-21-14-27-20/h1-14H,(H,23,26)/b11-6+. The number of anilines is 1. The first kappa shape index (κ1) is 18.1. The van der Waals surface area contributed by atoms with Crippen LogP contribution in [0.25, 0.3) is 11.8 Å². The van der Waals surface area contributed by atoms with E-state index in [1.807, 2.05) is 60.8 Å². The van der Waals surface area contributed by atoms with Gasteiger partial charge in [-0.3, -0.25) is 4.79 Å². The number of carbonyl (C=O) groups is 1. The molecule has 28 heavy (non-hydrogen) atoms. The summed E-state index contributed by atoms with van der Waals surface area (Å²) in [6.07, 6.45) is 6.83. The lowest BCUT2D eigenvalue weighted by Gasteiger charge is -2.03. The van der Waals surface area contributed by atoms with Gasteiger partial charge in [0.1, 0.15) is 5.51 Å². The van der Waals surface area contributed by atoms with Gasteiger partial charge in [0.25, 0.3) is 0 Å². The summed E-state index contributed by atoms with van der Waals surface area (Å²) in [6, 6.07) is 17.4. The molecule has 0 spiro atoms. The van der Waals surface area contributed by atoms with Crippen LogP contribution in [0.1, 0.15) is 5.56 Å². The second-order valence-corrected chi connectivity index (χ2v) is 7.86. The van der Waals surface area contributed by atoms with Crippen LogP contribution in [-0.2, 0) is 4.79 Å². The van der Waals surface area contributed by atoms with Gasteiger partial charge in [-0.15, -0.1) is 10.2 Å². The van der Waals surface area contributed by atoms with Crippen molar-refractivity contribution in [2.24, 2.45) is 0 Å². The van der Waals surface area contributed by atoms with Gasteiger partial charge in [0.2, 0.25) is 5.91 Å². The van der Waals surface area contributed by atoms with Crippen molar-refractivity contribution in [1.29, 1.82) is 0 Å². The quantitative estimate of drug-likeness (QED) is 0.477. The first-order valence-corrected chi connectivity index (χ1v) is 10.1. The first-order valence-electron chi connectivity index (χ1n) is 8.39. The maximum Gasteiger partial charge on any atom is 0.248 e. The van der Waals surface area contributed by atoms with Crippen LogP contribution in [0.4, 0.5) is 5.69 Å². The number of hydrogen-bond donors (Lipinski definition) is 1. The summed E-state index contributed by atoms with van der Waals surface area (Å²) in [5.41, 5.74) is 4.25. The Labute approximate surface area is 169 Å². The summed E-state index contributed by atoms with van der Waals surface area (Å²) in [5, 5.41) is 15.0. The lowest BCUT2D eigenvalue weighted by atomic mass is 10.3. The predicted octanol–water partition coefficient (Wildman–Crippen LogP) is 4.53. The molecule has 0 saturated carbocycles. The van der Waals surface area contributed by atoms with Crippen LogP contribution in [0.15, 0.2) is 87.8 Å². The Hall–Kier alpha value is -3.23. The molecule has 2 aromatic heterocycles. The van der Waals surface area contributed by atoms with Gasteiger partial charge in [-0.05, 0) is 42.5 Å². The zero-order chi connectivity index (χ0) is 19.2. The molecular weight excluding hydrogens is 390 g/mol. The van der Waals surface area contributed by atoms with Gasteiger partial charge in [0.05, 0.1) is 11.9 Å². The van der Waals surface area contributed by atoms with Crippen molar-refractivity contribution in [3.8, 4) is 5.69 Å². The van der Waals surface area contributed by atoms with Crippen LogP contribution in [0.5, 0.6) is 0 Å².